The second-order valence-electron chi connectivity index (χ2n) is 4.90. The highest BCUT2D eigenvalue weighted by Gasteiger charge is 2.10. The summed E-state index contributed by atoms with van der Waals surface area (Å²) in [6, 6.07) is 8.29. The molecule has 4 heteroatoms. The molecule has 1 N–H and O–H groups in total. The molecule has 3 nitrogen and oxygen atoms in total. The summed E-state index contributed by atoms with van der Waals surface area (Å²) in [6.07, 6.45) is 1.11. The van der Waals surface area contributed by atoms with Crippen LogP contribution in [0.1, 0.15) is 42.5 Å². The summed E-state index contributed by atoms with van der Waals surface area (Å²) in [4.78, 5) is 4.54. The zero-order valence-electron chi connectivity index (χ0n) is 12.3. The van der Waals surface area contributed by atoms with Crippen molar-refractivity contribution in [2.75, 3.05) is 7.05 Å². The number of nitrogens with one attached hydrogen (secondary N) is 1. The van der Waals surface area contributed by atoms with Crippen LogP contribution >= 0.6 is 11.3 Å². The molecule has 1 aromatic heterocycles. The molecule has 0 spiro atoms. The van der Waals surface area contributed by atoms with Crippen LogP contribution in [0.15, 0.2) is 29.6 Å². The van der Waals surface area contributed by atoms with Gasteiger partial charge in [-0.05, 0) is 31.0 Å². The first kappa shape index (κ1) is 15.0. The van der Waals surface area contributed by atoms with Crippen molar-refractivity contribution in [3.05, 3.63) is 45.9 Å². The van der Waals surface area contributed by atoms with Crippen LogP contribution in [0, 0.1) is 0 Å². The second kappa shape index (κ2) is 7.41. The van der Waals surface area contributed by atoms with Crippen LogP contribution in [0.3, 0.4) is 0 Å². The zero-order valence-corrected chi connectivity index (χ0v) is 13.2. The summed E-state index contributed by atoms with van der Waals surface area (Å²) in [6.45, 7) is 5.78. The second-order valence-corrected chi connectivity index (χ2v) is 5.84. The first-order chi connectivity index (χ1) is 9.74. The van der Waals surface area contributed by atoms with E-state index >= 15 is 0 Å². The number of hydrogen-bond donors (Lipinski definition) is 1. The van der Waals surface area contributed by atoms with Gasteiger partial charge < -0.3 is 10.1 Å². The molecule has 0 saturated carbocycles. The quantitative estimate of drug-likeness (QED) is 0.838. The summed E-state index contributed by atoms with van der Waals surface area (Å²) in [5.41, 5.74) is 2.28. The Hall–Kier alpha value is -1.39. The van der Waals surface area contributed by atoms with Gasteiger partial charge in [0.15, 0.2) is 0 Å². The Kier molecular flexibility index (Phi) is 5.56. The molecule has 0 fully saturated rings. The lowest BCUT2D eigenvalue weighted by Gasteiger charge is -2.15. The van der Waals surface area contributed by atoms with E-state index in [1.807, 2.05) is 19.2 Å². The van der Waals surface area contributed by atoms with Crippen molar-refractivity contribution in [2.45, 2.75) is 39.3 Å². The molecular weight excluding hydrogens is 268 g/mol. The standard InChI is InChI=1S/C16H22N2OS/c1-4-12(2)14-7-5-6-8-15(14)19-10-13-11-20-16(18-13)9-17-3/h5-8,11-12,17H,4,9-10H2,1-3H3. The molecule has 2 aromatic rings. The fraction of sp³-hybridized carbons (Fsp3) is 0.438. The topological polar surface area (TPSA) is 34.1 Å². The largest absolute Gasteiger partial charge is 0.487 e. The van der Waals surface area contributed by atoms with Crippen LogP contribution in [0.5, 0.6) is 5.75 Å². The summed E-state index contributed by atoms with van der Waals surface area (Å²) in [5, 5.41) is 6.28. The van der Waals surface area contributed by atoms with Gasteiger partial charge in [-0.1, -0.05) is 32.0 Å². The van der Waals surface area contributed by atoms with E-state index in [-0.39, 0.29) is 0 Å². The van der Waals surface area contributed by atoms with Crippen LogP contribution in [0.25, 0.3) is 0 Å². The maximum atomic E-state index is 5.96. The van der Waals surface area contributed by atoms with Gasteiger partial charge in [-0.3, -0.25) is 0 Å². The van der Waals surface area contributed by atoms with E-state index in [9.17, 15) is 0 Å². The summed E-state index contributed by atoms with van der Waals surface area (Å²) in [7, 11) is 1.93. The molecular formula is C16H22N2OS. The van der Waals surface area contributed by atoms with Crippen LogP contribution in [0.4, 0.5) is 0 Å². The van der Waals surface area contributed by atoms with Gasteiger partial charge in [0.05, 0.1) is 5.69 Å². The van der Waals surface area contributed by atoms with Crippen molar-refractivity contribution in [1.82, 2.24) is 10.3 Å². The Morgan fingerprint density at radius 2 is 2.15 bits per heavy atom. The third-order valence-electron chi connectivity index (χ3n) is 3.37. The molecule has 2 rings (SSSR count). The highest BCUT2D eigenvalue weighted by atomic mass is 32.1. The van der Waals surface area contributed by atoms with Gasteiger partial charge in [0.2, 0.25) is 0 Å². The molecule has 0 bridgehead atoms. The minimum Gasteiger partial charge on any atom is -0.487 e. The Morgan fingerprint density at radius 3 is 2.90 bits per heavy atom. The predicted octanol–water partition coefficient (Wildman–Crippen LogP) is 3.96. The minimum atomic E-state index is 0.515. The first-order valence-corrected chi connectivity index (χ1v) is 7.92. The maximum Gasteiger partial charge on any atom is 0.131 e. The molecule has 0 aliphatic heterocycles. The number of hydrogen-bond acceptors (Lipinski definition) is 4. The van der Waals surface area contributed by atoms with Gasteiger partial charge in [0.1, 0.15) is 17.4 Å². The Labute approximate surface area is 125 Å². The van der Waals surface area contributed by atoms with Gasteiger partial charge in [-0.25, -0.2) is 4.98 Å². The van der Waals surface area contributed by atoms with E-state index in [1.54, 1.807) is 11.3 Å². The average Bonchev–Trinajstić information content (AvgIpc) is 2.93. The lowest BCUT2D eigenvalue weighted by molar-refractivity contribution is 0.297. The number of nitrogens with zero attached hydrogens (tertiary/aromatic N) is 1. The number of benzene rings is 1. The molecule has 1 unspecified atom stereocenters. The number of ether oxygens (including phenoxy) is 1. The molecule has 20 heavy (non-hydrogen) atoms. The van der Waals surface area contributed by atoms with Crippen LogP contribution in [-0.2, 0) is 13.2 Å². The lowest BCUT2D eigenvalue weighted by atomic mass is 9.98. The van der Waals surface area contributed by atoms with Gasteiger partial charge >= 0.3 is 0 Å². The molecule has 0 aliphatic carbocycles. The third-order valence-corrected chi connectivity index (χ3v) is 4.26. The SMILES string of the molecule is CCC(C)c1ccccc1OCc1csc(CNC)n1. The maximum absolute atomic E-state index is 5.96. The summed E-state index contributed by atoms with van der Waals surface area (Å²) < 4.78 is 5.96. The fourth-order valence-electron chi connectivity index (χ4n) is 2.04. The summed E-state index contributed by atoms with van der Waals surface area (Å²) in [5.74, 6) is 1.49. The van der Waals surface area contributed by atoms with Crippen molar-refractivity contribution in [3.63, 3.8) is 0 Å². The molecule has 0 saturated heterocycles. The highest BCUT2D eigenvalue weighted by Crippen LogP contribution is 2.29. The minimum absolute atomic E-state index is 0.515. The van der Waals surface area contributed by atoms with Crippen LogP contribution in [-0.4, -0.2) is 12.0 Å². The normalized spacial score (nSPS) is 12.3. The van der Waals surface area contributed by atoms with Crippen molar-refractivity contribution in [3.8, 4) is 5.75 Å². The van der Waals surface area contributed by atoms with E-state index in [1.165, 1.54) is 5.56 Å². The number of rotatable bonds is 7. The number of aromatic nitrogens is 1. The Balaban J connectivity index is 2.02. The van der Waals surface area contributed by atoms with Gasteiger partial charge in [-0.2, -0.15) is 0 Å². The fourth-order valence-corrected chi connectivity index (χ4v) is 2.83. The highest BCUT2D eigenvalue weighted by molar-refractivity contribution is 7.09. The molecule has 1 heterocycles. The van der Waals surface area contributed by atoms with E-state index < -0.39 is 0 Å². The molecule has 1 atom stereocenters. The predicted molar refractivity (Wildman–Crippen MR) is 84.4 cm³/mol. The molecule has 0 radical (unpaired) electrons. The van der Waals surface area contributed by atoms with E-state index in [2.05, 4.69) is 41.7 Å². The zero-order chi connectivity index (χ0) is 14.4. The number of para-hydroxylation sites is 1. The Morgan fingerprint density at radius 1 is 1.35 bits per heavy atom. The van der Waals surface area contributed by atoms with E-state index in [4.69, 9.17) is 4.74 Å². The van der Waals surface area contributed by atoms with Crippen LogP contribution in [0.2, 0.25) is 0 Å². The third kappa shape index (κ3) is 3.81. The molecule has 0 amide bonds. The first-order valence-electron chi connectivity index (χ1n) is 7.04. The Bertz CT molecular complexity index is 539. The molecule has 0 aliphatic rings. The monoisotopic (exact) mass is 290 g/mol. The average molecular weight is 290 g/mol. The van der Waals surface area contributed by atoms with Crippen molar-refractivity contribution in [2.24, 2.45) is 0 Å². The lowest BCUT2D eigenvalue weighted by Crippen LogP contribution is -2.05. The van der Waals surface area contributed by atoms with Crippen molar-refractivity contribution < 1.29 is 4.74 Å². The van der Waals surface area contributed by atoms with E-state index in [0.717, 1.165) is 29.4 Å². The smallest absolute Gasteiger partial charge is 0.131 e. The summed E-state index contributed by atoms with van der Waals surface area (Å²) >= 11 is 1.67. The van der Waals surface area contributed by atoms with Crippen LogP contribution < -0.4 is 10.1 Å². The van der Waals surface area contributed by atoms with Gasteiger partial charge in [0.25, 0.3) is 0 Å². The van der Waals surface area contributed by atoms with Crippen molar-refractivity contribution >= 4 is 11.3 Å². The van der Waals surface area contributed by atoms with Gasteiger partial charge in [-0.15, -0.1) is 11.3 Å². The van der Waals surface area contributed by atoms with Gasteiger partial charge in [0, 0.05) is 11.9 Å². The molecule has 1 aromatic carbocycles. The molecule has 108 valence electrons. The van der Waals surface area contributed by atoms with E-state index in [0.29, 0.717) is 12.5 Å². The number of thiazole rings is 1. The van der Waals surface area contributed by atoms with Crippen molar-refractivity contribution in [1.29, 1.82) is 0 Å².